The predicted molar refractivity (Wildman–Crippen MR) is 129 cm³/mol. The molecule has 0 radical (unpaired) electrons. The van der Waals surface area contributed by atoms with Gasteiger partial charge < -0.3 is 15.7 Å². The van der Waals surface area contributed by atoms with Crippen LogP contribution in [-0.2, 0) is 9.59 Å². The molecule has 1 unspecified atom stereocenters. The zero-order chi connectivity index (χ0) is 24.0. The fourth-order valence-electron chi connectivity index (χ4n) is 3.25. The number of carbonyl (C=O) groups is 3. The van der Waals surface area contributed by atoms with E-state index in [1.165, 1.54) is 18.2 Å². The molecule has 0 saturated carbocycles. The number of rotatable bonds is 7. The van der Waals surface area contributed by atoms with E-state index in [-0.39, 0.29) is 15.6 Å². The standard InChI is InChI=1S/C24H21Cl2N3O4/c1-15-6-5-7-17(12-15)28-24(33)27-14-21(30)29(18-8-3-2-4-9-18)22(23(31)32)16-10-11-19(25)20(26)13-16/h2-13,22H,14H2,1H3,(H,31,32)(H2,27,28,33). The highest BCUT2D eigenvalue weighted by atomic mass is 35.5. The summed E-state index contributed by atoms with van der Waals surface area (Å²) in [6.07, 6.45) is 0. The van der Waals surface area contributed by atoms with Gasteiger partial charge in [-0.2, -0.15) is 0 Å². The Bertz CT molecular complexity index is 1170. The monoisotopic (exact) mass is 485 g/mol. The van der Waals surface area contributed by atoms with Crippen molar-refractivity contribution >= 4 is 52.5 Å². The summed E-state index contributed by atoms with van der Waals surface area (Å²) >= 11 is 12.1. The minimum atomic E-state index is -1.39. The van der Waals surface area contributed by atoms with Crippen molar-refractivity contribution in [2.24, 2.45) is 0 Å². The first kappa shape index (κ1) is 24.1. The van der Waals surface area contributed by atoms with E-state index >= 15 is 0 Å². The van der Waals surface area contributed by atoms with Crippen LogP contribution in [0, 0.1) is 6.92 Å². The number of carbonyl (C=O) groups excluding carboxylic acids is 2. The Balaban J connectivity index is 1.85. The summed E-state index contributed by atoms with van der Waals surface area (Å²) in [5.74, 6) is -1.89. The smallest absolute Gasteiger partial charge is 0.331 e. The largest absolute Gasteiger partial charge is 0.479 e. The maximum atomic E-state index is 13.2. The molecule has 0 spiro atoms. The second-order valence-electron chi connectivity index (χ2n) is 7.19. The maximum absolute atomic E-state index is 13.2. The third kappa shape index (κ3) is 6.25. The van der Waals surface area contributed by atoms with Gasteiger partial charge >= 0.3 is 12.0 Å². The third-order valence-corrected chi connectivity index (χ3v) is 5.47. The van der Waals surface area contributed by atoms with Crippen molar-refractivity contribution in [3.63, 3.8) is 0 Å². The summed E-state index contributed by atoms with van der Waals surface area (Å²) in [5.41, 5.74) is 2.14. The predicted octanol–water partition coefficient (Wildman–Crippen LogP) is 5.28. The normalized spacial score (nSPS) is 11.4. The molecule has 0 saturated heterocycles. The molecule has 0 aliphatic heterocycles. The number of nitrogens with zero attached hydrogens (tertiary/aromatic N) is 1. The highest BCUT2D eigenvalue weighted by Gasteiger charge is 2.33. The van der Waals surface area contributed by atoms with Crippen molar-refractivity contribution in [2.45, 2.75) is 13.0 Å². The van der Waals surface area contributed by atoms with Gasteiger partial charge in [-0.25, -0.2) is 9.59 Å². The summed E-state index contributed by atoms with van der Waals surface area (Å²) in [5, 5.41) is 15.6. The Labute approximate surface area is 200 Å². The van der Waals surface area contributed by atoms with E-state index in [4.69, 9.17) is 23.2 Å². The number of carboxylic acid groups (broad SMARTS) is 1. The van der Waals surface area contributed by atoms with Crippen LogP contribution in [0.1, 0.15) is 17.2 Å². The van der Waals surface area contributed by atoms with E-state index in [1.54, 1.807) is 48.5 Å². The van der Waals surface area contributed by atoms with Crippen LogP contribution in [-0.4, -0.2) is 29.6 Å². The zero-order valence-corrected chi connectivity index (χ0v) is 19.1. The lowest BCUT2D eigenvalue weighted by molar-refractivity contribution is -0.140. The average molecular weight is 486 g/mol. The van der Waals surface area contributed by atoms with Crippen molar-refractivity contribution in [1.29, 1.82) is 0 Å². The summed E-state index contributed by atoms with van der Waals surface area (Å²) in [7, 11) is 0. The quantitative estimate of drug-likeness (QED) is 0.423. The summed E-state index contributed by atoms with van der Waals surface area (Å²) in [4.78, 5) is 38.9. The number of hydrogen-bond acceptors (Lipinski definition) is 3. The molecule has 3 rings (SSSR count). The van der Waals surface area contributed by atoms with Crippen molar-refractivity contribution in [3.8, 4) is 0 Å². The Kier molecular flexibility index (Phi) is 7.92. The molecule has 3 aromatic rings. The molecule has 0 bridgehead atoms. The molecule has 0 fully saturated rings. The first-order chi connectivity index (χ1) is 15.8. The average Bonchev–Trinajstić information content (AvgIpc) is 2.78. The van der Waals surface area contributed by atoms with Crippen molar-refractivity contribution in [1.82, 2.24) is 5.32 Å². The molecule has 7 nitrogen and oxygen atoms in total. The van der Waals surface area contributed by atoms with Crippen molar-refractivity contribution in [3.05, 3.63) is 94.0 Å². The third-order valence-electron chi connectivity index (χ3n) is 4.73. The molecule has 3 amide bonds. The Morgan fingerprint density at radius 2 is 1.67 bits per heavy atom. The van der Waals surface area contributed by atoms with Gasteiger partial charge in [0.05, 0.1) is 16.6 Å². The van der Waals surface area contributed by atoms with Crippen LogP contribution in [0.25, 0.3) is 0 Å². The van der Waals surface area contributed by atoms with E-state index in [0.717, 1.165) is 10.5 Å². The molecule has 0 heterocycles. The number of halogens is 2. The van der Waals surface area contributed by atoms with Crippen molar-refractivity contribution in [2.75, 3.05) is 16.8 Å². The van der Waals surface area contributed by atoms with Crippen LogP contribution in [0.5, 0.6) is 0 Å². The number of para-hydroxylation sites is 1. The van der Waals surface area contributed by atoms with E-state index in [9.17, 15) is 19.5 Å². The second kappa shape index (κ2) is 10.8. The van der Waals surface area contributed by atoms with Gasteiger partial charge in [-0.3, -0.25) is 9.69 Å². The number of benzene rings is 3. The molecule has 33 heavy (non-hydrogen) atoms. The highest BCUT2D eigenvalue weighted by molar-refractivity contribution is 6.42. The fraction of sp³-hybridized carbons (Fsp3) is 0.125. The number of carboxylic acids is 1. The van der Waals surface area contributed by atoms with Gasteiger partial charge in [-0.05, 0) is 54.4 Å². The SMILES string of the molecule is Cc1cccc(NC(=O)NCC(=O)N(c2ccccc2)C(C(=O)O)c2ccc(Cl)c(Cl)c2)c1. The molecule has 0 aliphatic carbocycles. The van der Waals surface area contributed by atoms with Gasteiger partial charge in [0.2, 0.25) is 5.91 Å². The molecule has 0 aliphatic rings. The van der Waals surface area contributed by atoms with Gasteiger partial charge in [0.25, 0.3) is 0 Å². The minimum Gasteiger partial charge on any atom is -0.479 e. The van der Waals surface area contributed by atoms with Crippen LogP contribution in [0.3, 0.4) is 0 Å². The van der Waals surface area contributed by atoms with Gasteiger partial charge in [0.1, 0.15) is 0 Å². The minimum absolute atomic E-state index is 0.163. The Morgan fingerprint density at radius 1 is 0.939 bits per heavy atom. The van der Waals surface area contributed by atoms with Crippen LogP contribution in [0.4, 0.5) is 16.2 Å². The fourth-order valence-corrected chi connectivity index (χ4v) is 3.56. The lowest BCUT2D eigenvalue weighted by atomic mass is 10.0. The summed E-state index contributed by atoms with van der Waals surface area (Å²) < 4.78 is 0. The van der Waals surface area contributed by atoms with Gasteiger partial charge in [-0.1, -0.05) is 59.6 Å². The molecule has 0 aromatic heterocycles. The van der Waals surface area contributed by atoms with E-state index in [0.29, 0.717) is 11.4 Å². The molecule has 170 valence electrons. The second-order valence-corrected chi connectivity index (χ2v) is 8.01. The number of nitrogens with one attached hydrogen (secondary N) is 2. The number of aliphatic carboxylic acids is 1. The maximum Gasteiger partial charge on any atom is 0.331 e. The number of amides is 3. The topological polar surface area (TPSA) is 98.7 Å². The van der Waals surface area contributed by atoms with E-state index < -0.39 is 30.5 Å². The summed E-state index contributed by atoms with van der Waals surface area (Å²) in [6, 6.07) is 17.9. The van der Waals surface area contributed by atoms with E-state index in [2.05, 4.69) is 10.6 Å². The molecule has 1 atom stereocenters. The highest BCUT2D eigenvalue weighted by Crippen LogP contribution is 2.32. The van der Waals surface area contributed by atoms with Crippen LogP contribution >= 0.6 is 23.2 Å². The van der Waals surface area contributed by atoms with E-state index in [1.807, 2.05) is 13.0 Å². The van der Waals surface area contributed by atoms with Gasteiger partial charge in [-0.15, -0.1) is 0 Å². The lowest BCUT2D eigenvalue weighted by Gasteiger charge is -2.29. The van der Waals surface area contributed by atoms with Crippen LogP contribution in [0.2, 0.25) is 10.0 Å². The molecule has 3 N–H and O–H groups in total. The number of aryl methyl sites for hydroxylation is 1. The number of anilines is 2. The molecule has 9 heteroatoms. The summed E-state index contributed by atoms with van der Waals surface area (Å²) in [6.45, 7) is 1.46. The first-order valence-electron chi connectivity index (χ1n) is 9.92. The molecule has 3 aromatic carbocycles. The zero-order valence-electron chi connectivity index (χ0n) is 17.6. The van der Waals surface area contributed by atoms with Crippen molar-refractivity contribution < 1.29 is 19.5 Å². The van der Waals surface area contributed by atoms with Gasteiger partial charge in [0.15, 0.2) is 6.04 Å². The number of hydrogen-bond donors (Lipinski definition) is 3. The number of urea groups is 1. The molecular formula is C24H21Cl2N3O4. The van der Waals surface area contributed by atoms with Crippen LogP contribution in [0.15, 0.2) is 72.8 Å². The molecular weight excluding hydrogens is 465 g/mol. The van der Waals surface area contributed by atoms with Gasteiger partial charge in [0, 0.05) is 11.4 Å². The first-order valence-corrected chi connectivity index (χ1v) is 10.7. The Hall–Kier alpha value is -3.55. The Morgan fingerprint density at radius 3 is 2.30 bits per heavy atom. The lowest BCUT2D eigenvalue weighted by Crippen LogP contribution is -2.45. The van der Waals surface area contributed by atoms with Crippen LogP contribution < -0.4 is 15.5 Å².